The van der Waals surface area contributed by atoms with Crippen molar-refractivity contribution in [2.45, 2.75) is 25.8 Å². The number of fused-ring (bicyclic) bond motifs is 1. The van der Waals surface area contributed by atoms with Gasteiger partial charge in [0.25, 0.3) is 0 Å². The molecule has 1 unspecified atom stereocenters. The minimum atomic E-state index is 0.200. The van der Waals surface area contributed by atoms with E-state index in [0.717, 1.165) is 41.5 Å². The Morgan fingerprint density at radius 2 is 2.29 bits per heavy atom. The maximum absolute atomic E-state index is 6.24. The zero-order valence-electron chi connectivity index (χ0n) is 12.6. The van der Waals surface area contributed by atoms with Crippen LogP contribution in [0.2, 0.25) is 5.02 Å². The second-order valence-corrected chi connectivity index (χ2v) is 5.98. The lowest BCUT2D eigenvalue weighted by atomic mass is 9.97. The van der Waals surface area contributed by atoms with E-state index in [1.807, 2.05) is 37.8 Å². The van der Waals surface area contributed by atoms with E-state index in [0.29, 0.717) is 0 Å². The van der Waals surface area contributed by atoms with Gasteiger partial charge in [-0.15, -0.1) is 0 Å². The van der Waals surface area contributed by atoms with Gasteiger partial charge in [0, 0.05) is 36.3 Å². The first-order valence-electron chi connectivity index (χ1n) is 7.20. The molecule has 112 valence electrons. The number of aryl methyl sites for hydroxylation is 2. The summed E-state index contributed by atoms with van der Waals surface area (Å²) in [4.78, 5) is 0. The summed E-state index contributed by atoms with van der Waals surface area (Å²) in [5.41, 5.74) is 4.65. The number of nitrogens with one attached hydrogen (secondary N) is 1. The average Bonchev–Trinajstić information content (AvgIpc) is 3.02. The van der Waals surface area contributed by atoms with Crippen molar-refractivity contribution in [1.29, 1.82) is 0 Å². The molecule has 1 aliphatic heterocycles. The zero-order chi connectivity index (χ0) is 15.0. The molecule has 0 spiro atoms. The summed E-state index contributed by atoms with van der Waals surface area (Å²) in [5.74, 6) is 1.01. The Bertz CT molecular complexity index is 666. The number of nitrogens with zero attached hydrogens (tertiary/aromatic N) is 2. The van der Waals surface area contributed by atoms with Crippen molar-refractivity contribution in [2.75, 3.05) is 13.7 Å². The second kappa shape index (κ2) is 5.70. The summed E-state index contributed by atoms with van der Waals surface area (Å²) in [6.07, 6.45) is 3.85. The standard InChI is InChI=1S/C16H20ClN3O/c1-10-14(9-20(3)19-10)15(18-2)8-12-7-13(17)6-11-4-5-21-16(11)12/h6-7,9,15,18H,4-5,8H2,1-3H3. The van der Waals surface area contributed by atoms with Crippen LogP contribution < -0.4 is 10.1 Å². The lowest BCUT2D eigenvalue weighted by Crippen LogP contribution is -2.19. The fraction of sp³-hybridized carbons (Fsp3) is 0.438. The second-order valence-electron chi connectivity index (χ2n) is 5.54. The predicted octanol–water partition coefficient (Wildman–Crippen LogP) is 2.82. The minimum absolute atomic E-state index is 0.200. The van der Waals surface area contributed by atoms with E-state index in [1.165, 1.54) is 11.1 Å². The number of aromatic nitrogens is 2. The minimum Gasteiger partial charge on any atom is -0.493 e. The van der Waals surface area contributed by atoms with E-state index in [4.69, 9.17) is 16.3 Å². The SMILES string of the molecule is CNC(Cc1cc(Cl)cc2c1OCC2)c1cn(C)nc1C. The summed E-state index contributed by atoms with van der Waals surface area (Å²) >= 11 is 6.24. The Balaban J connectivity index is 1.93. The third-order valence-corrected chi connectivity index (χ3v) is 4.24. The number of hydrogen-bond acceptors (Lipinski definition) is 3. The van der Waals surface area contributed by atoms with Crippen LogP contribution in [-0.2, 0) is 19.9 Å². The zero-order valence-corrected chi connectivity index (χ0v) is 13.4. The van der Waals surface area contributed by atoms with Gasteiger partial charge in [0.15, 0.2) is 0 Å². The van der Waals surface area contributed by atoms with Gasteiger partial charge in [-0.25, -0.2) is 0 Å². The number of hydrogen-bond donors (Lipinski definition) is 1. The molecule has 2 heterocycles. The maximum atomic E-state index is 6.24. The van der Waals surface area contributed by atoms with Crippen LogP contribution >= 0.6 is 11.6 Å². The molecule has 0 saturated heterocycles. The lowest BCUT2D eigenvalue weighted by molar-refractivity contribution is 0.352. The molecule has 0 bridgehead atoms. The van der Waals surface area contributed by atoms with Crippen molar-refractivity contribution in [2.24, 2.45) is 7.05 Å². The van der Waals surface area contributed by atoms with Gasteiger partial charge in [-0.1, -0.05) is 11.6 Å². The van der Waals surface area contributed by atoms with Crippen molar-refractivity contribution in [3.63, 3.8) is 0 Å². The molecule has 5 heteroatoms. The van der Waals surface area contributed by atoms with E-state index in [-0.39, 0.29) is 6.04 Å². The van der Waals surface area contributed by atoms with Crippen LogP contribution in [0.3, 0.4) is 0 Å². The molecule has 0 aliphatic carbocycles. The molecule has 21 heavy (non-hydrogen) atoms. The fourth-order valence-electron chi connectivity index (χ4n) is 3.05. The molecular formula is C16H20ClN3O. The van der Waals surface area contributed by atoms with E-state index < -0.39 is 0 Å². The topological polar surface area (TPSA) is 39.1 Å². The molecular weight excluding hydrogens is 286 g/mol. The van der Waals surface area contributed by atoms with Gasteiger partial charge in [-0.05, 0) is 43.7 Å². The molecule has 0 radical (unpaired) electrons. The highest BCUT2D eigenvalue weighted by Crippen LogP contribution is 2.35. The van der Waals surface area contributed by atoms with Crippen LogP contribution in [-0.4, -0.2) is 23.4 Å². The summed E-state index contributed by atoms with van der Waals surface area (Å²) in [7, 11) is 3.92. The van der Waals surface area contributed by atoms with Gasteiger partial charge < -0.3 is 10.1 Å². The molecule has 0 fully saturated rings. The maximum Gasteiger partial charge on any atom is 0.125 e. The normalized spacial score (nSPS) is 14.9. The van der Waals surface area contributed by atoms with Crippen molar-refractivity contribution in [1.82, 2.24) is 15.1 Å². The van der Waals surface area contributed by atoms with Gasteiger partial charge in [0.05, 0.1) is 12.3 Å². The largest absolute Gasteiger partial charge is 0.493 e. The monoisotopic (exact) mass is 305 g/mol. The van der Waals surface area contributed by atoms with Crippen molar-refractivity contribution in [3.8, 4) is 5.75 Å². The van der Waals surface area contributed by atoms with Crippen molar-refractivity contribution < 1.29 is 4.74 Å². The molecule has 1 atom stereocenters. The molecule has 4 nitrogen and oxygen atoms in total. The summed E-state index contributed by atoms with van der Waals surface area (Å²) in [6.45, 7) is 2.79. The van der Waals surface area contributed by atoms with E-state index >= 15 is 0 Å². The molecule has 1 aliphatic rings. The van der Waals surface area contributed by atoms with Crippen LogP contribution in [0.25, 0.3) is 0 Å². The Morgan fingerprint density at radius 1 is 1.48 bits per heavy atom. The number of ether oxygens (including phenoxy) is 1. The molecule has 1 aromatic heterocycles. The highest BCUT2D eigenvalue weighted by Gasteiger charge is 2.22. The number of likely N-dealkylation sites (N-methyl/N-ethyl adjacent to an activating group) is 1. The van der Waals surface area contributed by atoms with Crippen LogP contribution in [0.15, 0.2) is 18.3 Å². The molecule has 1 N–H and O–H groups in total. The number of benzene rings is 1. The van der Waals surface area contributed by atoms with Crippen molar-refractivity contribution >= 4 is 11.6 Å². The summed E-state index contributed by atoms with van der Waals surface area (Å²) in [6, 6.07) is 4.23. The number of halogens is 1. The quantitative estimate of drug-likeness (QED) is 0.944. The van der Waals surface area contributed by atoms with E-state index in [1.54, 1.807) is 0 Å². The first-order chi connectivity index (χ1) is 10.1. The molecule has 2 aromatic rings. The summed E-state index contributed by atoms with van der Waals surface area (Å²) in [5, 5.41) is 8.59. The number of rotatable bonds is 4. The van der Waals surface area contributed by atoms with Crippen LogP contribution in [0.5, 0.6) is 5.75 Å². The Hall–Kier alpha value is -1.52. The fourth-order valence-corrected chi connectivity index (χ4v) is 3.31. The van der Waals surface area contributed by atoms with Gasteiger partial charge in [0.1, 0.15) is 5.75 Å². The third kappa shape index (κ3) is 2.78. The predicted molar refractivity (Wildman–Crippen MR) is 84.1 cm³/mol. The Kier molecular flexibility index (Phi) is 3.91. The van der Waals surface area contributed by atoms with Gasteiger partial charge in [-0.2, -0.15) is 5.10 Å². The smallest absolute Gasteiger partial charge is 0.125 e. The first-order valence-corrected chi connectivity index (χ1v) is 7.57. The molecule has 3 rings (SSSR count). The molecule has 0 amide bonds. The lowest BCUT2D eigenvalue weighted by Gasteiger charge is -2.18. The average molecular weight is 306 g/mol. The van der Waals surface area contributed by atoms with E-state index in [2.05, 4.69) is 16.6 Å². The van der Waals surface area contributed by atoms with Crippen LogP contribution in [0, 0.1) is 6.92 Å². The molecule has 0 saturated carbocycles. The van der Waals surface area contributed by atoms with Crippen molar-refractivity contribution in [3.05, 3.63) is 45.7 Å². The Morgan fingerprint density at radius 3 is 2.95 bits per heavy atom. The summed E-state index contributed by atoms with van der Waals surface area (Å²) < 4.78 is 7.65. The molecule has 1 aromatic carbocycles. The third-order valence-electron chi connectivity index (χ3n) is 4.02. The van der Waals surface area contributed by atoms with Crippen LogP contribution in [0.4, 0.5) is 0 Å². The van der Waals surface area contributed by atoms with Gasteiger partial charge in [0.2, 0.25) is 0 Å². The van der Waals surface area contributed by atoms with Gasteiger partial charge in [-0.3, -0.25) is 4.68 Å². The Labute approximate surface area is 130 Å². The van der Waals surface area contributed by atoms with E-state index in [9.17, 15) is 0 Å². The van der Waals surface area contributed by atoms with Crippen LogP contribution in [0.1, 0.15) is 28.4 Å². The first kappa shape index (κ1) is 14.4. The van der Waals surface area contributed by atoms with Gasteiger partial charge >= 0.3 is 0 Å². The highest BCUT2D eigenvalue weighted by molar-refractivity contribution is 6.30. The highest BCUT2D eigenvalue weighted by atomic mass is 35.5.